The summed E-state index contributed by atoms with van der Waals surface area (Å²) in [5.74, 6) is -0.544. The van der Waals surface area contributed by atoms with Crippen LogP contribution in [-0.4, -0.2) is 28.6 Å². The Labute approximate surface area is 166 Å². The van der Waals surface area contributed by atoms with E-state index in [0.717, 1.165) is 23.8 Å². The van der Waals surface area contributed by atoms with E-state index in [0.29, 0.717) is 26.5 Å². The molecular weight excluding hydrogens is 374 g/mol. The zero-order valence-electron chi connectivity index (χ0n) is 15.5. The lowest BCUT2D eigenvalue weighted by atomic mass is 10.1. The first kappa shape index (κ1) is 18.3. The van der Waals surface area contributed by atoms with Crippen molar-refractivity contribution in [3.05, 3.63) is 58.1 Å². The lowest BCUT2D eigenvalue weighted by Crippen LogP contribution is -2.26. The van der Waals surface area contributed by atoms with E-state index < -0.39 is 0 Å². The number of rotatable bonds is 5. The fraction of sp³-hybridized carbons (Fsp3) is 0.238. The van der Waals surface area contributed by atoms with E-state index in [1.165, 1.54) is 24.5 Å². The van der Waals surface area contributed by atoms with Crippen molar-refractivity contribution in [3.63, 3.8) is 0 Å². The number of aromatic nitrogens is 1. The highest BCUT2D eigenvalue weighted by atomic mass is 32.1. The summed E-state index contributed by atoms with van der Waals surface area (Å²) in [6.07, 6.45) is 3.52. The lowest BCUT2D eigenvalue weighted by Gasteiger charge is -2.11. The third-order valence-corrected chi connectivity index (χ3v) is 5.95. The average Bonchev–Trinajstić information content (AvgIpc) is 3.43. The Balaban J connectivity index is 1.63. The maximum atomic E-state index is 12.9. The summed E-state index contributed by atoms with van der Waals surface area (Å²) in [6.45, 7) is 3.33. The number of hydrogen-bond donors (Lipinski definition) is 2. The van der Waals surface area contributed by atoms with Gasteiger partial charge in [0, 0.05) is 23.2 Å². The van der Waals surface area contributed by atoms with Gasteiger partial charge in [-0.3, -0.25) is 14.4 Å². The molecular formula is C21H19N3O3S. The molecule has 2 amide bonds. The Bertz CT molecular complexity index is 1120. The molecule has 2 aromatic heterocycles. The van der Waals surface area contributed by atoms with Crippen molar-refractivity contribution in [1.82, 2.24) is 10.3 Å². The Hall–Kier alpha value is -3.06. The SMILES string of the molecule is CC(=O)c1cnc2sc(C(=O)Nc3ccccc3C(=O)NC3CC3)c(C)c2c1. The standard InChI is InChI=1S/C21H19N3O3S/c1-11-16-9-13(12(2)25)10-22-21(16)28-18(11)20(27)24-17-6-4-3-5-15(17)19(26)23-14-7-8-14/h3-6,9-10,14H,7-8H2,1-2H3,(H,23,26)(H,24,27). The van der Waals surface area contributed by atoms with E-state index in [2.05, 4.69) is 15.6 Å². The number of hydrogen-bond acceptors (Lipinski definition) is 5. The third-order valence-electron chi connectivity index (χ3n) is 4.74. The van der Waals surface area contributed by atoms with Crippen molar-refractivity contribution in [2.24, 2.45) is 0 Å². The summed E-state index contributed by atoms with van der Waals surface area (Å²) in [5.41, 5.74) is 2.20. The topological polar surface area (TPSA) is 88.2 Å². The molecule has 142 valence electrons. The molecule has 1 aromatic carbocycles. The van der Waals surface area contributed by atoms with Crippen molar-refractivity contribution in [2.75, 3.05) is 5.32 Å². The number of carbonyl (C=O) groups is 3. The van der Waals surface area contributed by atoms with Gasteiger partial charge in [-0.25, -0.2) is 4.98 Å². The van der Waals surface area contributed by atoms with Gasteiger partial charge in [0.1, 0.15) is 4.83 Å². The second kappa shape index (κ2) is 7.16. The van der Waals surface area contributed by atoms with Gasteiger partial charge >= 0.3 is 0 Å². The number of benzene rings is 1. The van der Waals surface area contributed by atoms with Crippen molar-refractivity contribution in [2.45, 2.75) is 32.7 Å². The number of anilines is 1. The van der Waals surface area contributed by atoms with Crippen LogP contribution in [0.5, 0.6) is 0 Å². The van der Waals surface area contributed by atoms with Crippen LogP contribution < -0.4 is 10.6 Å². The molecule has 1 fully saturated rings. The molecule has 4 rings (SSSR count). The molecule has 1 saturated carbocycles. The molecule has 7 heteroatoms. The molecule has 1 aliphatic carbocycles. The average molecular weight is 393 g/mol. The summed E-state index contributed by atoms with van der Waals surface area (Å²) >= 11 is 1.27. The van der Waals surface area contributed by atoms with E-state index >= 15 is 0 Å². The van der Waals surface area contributed by atoms with E-state index in [9.17, 15) is 14.4 Å². The zero-order chi connectivity index (χ0) is 19.8. The van der Waals surface area contributed by atoms with Crippen LogP contribution in [-0.2, 0) is 0 Å². The first-order chi connectivity index (χ1) is 13.4. The van der Waals surface area contributed by atoms with Gasteiger partial charge in [-0.2, -0.15) is 0 Å². The summed E-state index contributed by atoms with van der Waals surface area (Å²) < 4.78 is 0. The molecule has 0 spiro atoms. The highest BCUT2D eigenvalue weighted by Crippen LogP contribution is 2.31. The van der Waals surface area contributed by atoms with Crippen LogP contribution in [0.2, 0.25) is 0 Å². The van der Waals surface area contributed by atoms with Crippen molar-refractivity contribution < 1.29 is 14.4 Å². The number of thiophene rings is 1. The minimum atomic E-state index is -0.295. The predicted octanol–water partition coefficient (Wildman–Crippen LogP) is 3.95. The number of carbonyl (C=O) groups excluding carboxylic acids is 3. The fourth-order valence-corrected chi connectivity index (χ4v) is 3.99. The van der Waals surface area contributed by atoms with Crippen molar-refractivity contribution in [3.8, 4) is 0 Å². The number of fused-ring (bicyclic) bond motifs is 1. The van der Waals surface area contributed by atoms with Gasteiger partial charge < -0.3 is 10.6 Å². The van der Waals surface area contributed by atoms with Gasteiger partial charge in [-0.15, -0.1) is 11.3 Å². The maximum absolute atomic E-state index is 12.9. The second-order valence-electron chi connectivity index (χ2n) is 6.94. The van der Waals surface area contributed by atoms with Crippen LogP contribution in [0.25, 0.3) is 10.2 Å². The van der Waals surface area contributed by atoms with Crippen molar-refractivity contribution >= 4 is 44.8 Å². The molecule has 0 saturated heterocycles. The normalized spacial score (nSPS) is 13.4. The lowest BCUT2D eigenvalue weighted by molar-refractivity contribution is 0.0951. The largest absolute Gasteiger partial charge is 0.349 e. The molecule has 2 N–H and O–H groups in total. The number of pyridine rings is 1. The van der Waals surface area contributed by atoms with Crippen LogP contribution >= 0.6 is 11.3 Å². The molecule has 3 aromatic rings. The second-order valence-corrected chi connectivity index (χ2v) is 7.94. The maximum Gasteiger partial charge on any atom is 0.266 e. The van der Waals surface area contributed by atoms with Gasteiger partial charge in [0.2, 0.25) is 0 Å². The molecule has 0 bridgehead atoms. The number of nitrogens with one attached hydrogen (secondary N) is 2. The smallest absolute Gasteiger partial charge is 0.266 e. The number of para-hydroxylation sites is 1. The van der Waals surface area contributed by atoms with E-state index in [1.807, 2.05) is 6.92 Å². The quantitative estimate of drug-likeness (QED) is 0.643. The molecule has 1 aliphatic rings. The Kier molecular flexibility index (Phi) is 4.68. The predicted molar refractivity (Wildman–Crippen MR) is 109 cm³/mol. The highest BCUT2D eigenvalue weighted by molar-refractivity contribution is 7.20. The Morgan fingerprint density at radius 2 is 1.89 bits per heavy atom. The molecule has 2 heterocycles. The number of amides is 2. The Morgan fingerprint density at radius 1 is 1.14 bits per heavy atom. The zero-order valence-corrected chi connectivity index (χ0v) is 16.4. The first-order valence-corrected chi connectivity index (χ1v) is 9.87. The monoisotopic (exact) mass is 393 g/mol. The summed E-state index contributed by atoms with van der Waals surface area (Å²) in [4.78, 5) is 42.5. The number of Topliss-reactive ketones (excluding diaryl/α,β-unsaturated/α-hetero) is 1. The van der Waals surface area contributed by atoms with Crippen LogP contribution in [0.1, 0.15) is 55.7 Å². The van der Waals surface area contributed by atoms with Crippen LogP contribution in [0.4, 0.5) is 5.69 Å². The minimum absolute atomic E-state index is 0.0680. The molecule has 0 radical (unpaired) electrons. The van der Waals surface area contributed by atoms with E-state index in [1.54, 1.807) is 30.3 Å². The van der Waals surface area contributed by atoms with Gasteiger partial charge in [0.25, 0.3) is 11.8 Å². The fourth-order valence-electron chi connectivity index (χ4n) is 2.97. The summed E-state index contributed by atoms with van der Waals surface area (Å²) in [7, 11) is 0. The number of nitrogens with zero attached hydrogens (tertiary/aromatic N) is 1. The number of ketones is 1. The summed E-state index contributed by atoms with van der Waals surface area (Å²) in [6, 6.07) is 8.98. The van der Waals surface area contributed by atoms with E-state index in [4.69, 9.17) is 0 Å². The first-order valence-electron chi connectivity index (χ1n) is 9.05. The van der Waals surface area contributed by atoms with Crippen LogP contribution in [0.3, 0.4) is 0 Å². The minimum Gasteiger partial charge on any atom is -0.349 e. The van der Waals surface area contributed by atoms with Gasteiger partial charge in [0.15, 0.2) is 5.78 Å². The van der Waals surface area contributed by atoms with Crippen LogP contribution in [0, 0.1) is 6.92 Å². The van der Waals surface area contributed by atoms with Gasteiger partial charge in [-0.05, 0) is 50.5 Å². The van der Waals surface area contributed by atoms with Crippen molar-refractivity contribution in [1.29, 1.82) is 0 Å². The van der Waals surface area contributed by atoms with Crippen LogP contribution in [0.15, 0.2) is 36.5 Å². The number of aryl methyl sites for hydroxylation is 1. The van der Waals surface area contributed by atoms with E-state index in [-0.39, 0.29) is 23.6 Å². The molecule has 0 unspecified atom stereocenters. The molecule has 6 nitrogen and oxygen atoms in total. The third kappa shape index (κ3) is 3.53. The summed E-state index contributed by atoms with van der Waals surface area (Å²) in [5, 5.41) is 6.59. The molecule has 0 aliphatic heterocycles. The van der Waals surface area contributed by atoms with Gasteiger partial charge in [-0.1, -0.05) is 12.1 Å². The highest BCUT2D eigenvalue weighted by Gasteiger charge is 2.25. The van der Waals surface area contributed by atoms with Gasteiger partial charge in [0.05, 0.1) is 16.1 Å². The molecule has 0 atom stereocenters. The molecule has 28 heavy (non-hydrogen) atoms. The Morgan fingerprint density at radius 3 is 2.61 bits per heavy atom.